The summed E-state index contributed by atoms with van der Waals surface area (Å²) in [5.74, 6) is 0.349. The molecule has 0 bridgehead atoms. The number of amides is 1. The second-order valence-corrected chi connectivity index (χ2v) is 6.36. The number of hydrazone groups is 1. The van der Waals surface area contributed by atoms with Crippen LogP contribution in [0.25, 0.3) is 22.0 Å². The molecule has 0 saturated carbocycles. The van der Waals surface area contributed by atoms with E-state index in [4.69, 9.17) is 4.74 Å². The fourth-order valence-electron chi connectivity index (χ4n) is 3.12. The second-order valence-electron chi connectivity index (χ2n) is 6.36. The van der Waals surface area contributed by atoms with Gasteiger partial charge in [0.25, 0.3) is 5.91 Å². The molecule has 4 rings (SSSR count). The van der Waals surface area contributed by atoms with Gasteiger partial charge < -0.3 is 4.74 Å². The average molecular weight is 384 g/mol. The van der Waals surface area contributed by atoms with Gasteiger partial charge in [-0.2, -0.15) is 10.2 Å². The molecule has 0 unspecified atom stereocenters. The number of fused-ring (bicyclic) bond motifs is 1. The molecule has 0 aliphatic rings. The Balaban J connectivity index is 1.51. The van der Waals surface area contributed by atoms with E-state index < -0.39 is 0 Å². The molecule has 0 radical (unpaired) electrons. The molecule has 144 valence electrons. The highest BCUT2D eigenvalue weighted by molar-refractivity contribution is 5.98. The van der Waals surface area contributed by atoms with Crippen LogP contribution in [0.15, 0.2) is 77.9 Å². The maximum absolute atomic E-state index is 12.4. The minimum absolute atomic E-state index is 0.336. The molecular weight excluding hydrogens is 364 g/mol. The molecule has 29 heavy (non-hydrogen) atoms. The maximum Gasteiger partial charge on any atom is 0.289 e. The Kier molecular flexibility index (Phi) is 5.33. The van der Waals surface area contributed by atoms with Gasteiger partial charge in [-0.1, -0.05) is 54.6 Å². The third-order valence-corrected chi connectivity index (χ3v) is 4.48. The molecule has 3 aromatic carbocycles. The lowest BCUT2D eigenvalue weighted by Gasteiger charge is -2.05. The summed E-state index contributed by atoms with van der Waals surface area (Å²) >= 11 is 0. The molecule has 1 heterocycles. The molecule has 6 heteroatoms. The topological polar surface area (TPSA) is 79.4 Å². The standard InChI is InChI=1S/C23H20N4O2/c1-2-29-22-13-6-4-9-17(22)15-24-27-23(28)21-14-20(25-26-21)19-12-7-10-16-8-3-5-11-18(16)19/h3-15H,2H2,1H3,(H,25,26)(H,27,28). The van der Waals surface area contributed by atoms with E-state index in [0.717, 1.165) is 21.9 Å². The number of rotatable bonds is 6. The molecule has 1 amide bonds. The fraction of sp³-hybridized carbons (Fsp3) is 0.0870. The largest absolute Gasteiger partial charge is 0.493 e. The maximum atomic E-state index is 12.4. The average Bonchev–Trinajstić information content (AvgIpc) is 3.25. The lowest BCUT2D eigenvalue weighted by molar-refractivity contribution is 0.0950. The summed E-state index contributed by atoms with van der Waals surface area (Å²) in [5.41, 5.74) is 5.32. The van der Waals surface area contributed by atoms with Crippen LogP contribution in [0, 0.1) is 0 Å². The predicted octanol–water partition coefficient (Wildman–Crippen LogP) is 4.39. The number of carbonyl (C=O) groups is 1. The highest BCUT2D eigenvalue weighted by Gasteiger charge is 2.12. The van der Waals surface area contributed by atoms with Gasteiger partial charge in [0, 0.05) is 11.1 Å². The van der Waals surface area contributed by atoms with E-state index in [0.29, 0.717) is 23.7 Å². The predicted molar refractivity (Wildman–Crippen MR) is 114 cm³/mol. The Morgan fingerprint density at radius 1 is 1.10 bits per heavy atom. The van der Waals surface area contributed by atoms with Crippen molar-refractivity contribution in [2.24, 2.45) is 5.10 Å². The number of carbonyl (C=O) groups excluding carboxylic acids is 1. The molecule has 0 aliphatic carbocycles. The first-order valence-corrected chi connectivity index (χ1v) is 9.35. The summed E-state index contributed by atoms with van der Waals surface area (Å²) < 4.78 is 5.55. The van der Waals surface area contributed by atoms with Gasteiger partial charge in [0.1, 0.15) is 11.4 Å². The quantitative estimate of drug-likeness (QED) is 0.382. The van der Waals surface area contributed by atoms with Crippen LogP contribution in [0.2, 0.25) is 0 Å². The number of ether oxygens (including phenoxy) is 1. The third kappa shape index (κ3) is 4.01. The summed E-state index contributed by atoms with van der Waals surface area (Å²) in [6.45, 7) is 2.48. The van der Waals surface area contributed by atoms with Crippen molar-refractivity contribution in [3.8, 4) is 17.0 Å². The zero-order chi connectivity index (χ0) is 20.1. The van der Waals surface area contributed by atoms with Crippen LogP contribution >= 0.6 is 0 Å². The summed E-state index contributed by atoms with van der Waals surface area (Å²) in [5, 5.41) is 13.3. The monoisotopic (exact) mass is 384 g/mol. The van der Waals surface area contributed by atoms with Gasteiger partial charge >= 0.3 is 0 Å². The van der Waals surface area contributed by atoms with E-state index in [9.17, 15) is 4.79 Å². The zero-order valence-corrected chi connectivity index (χ0v) is 15.9. The number of hydrogen-bond acceptors (Lipinski definition) is 4. The fourth-order valence-corrected chi connectivity index (χ4v) is 3.12. The summed E-state index contributed by atoms with van der Waals surface area (Å²) in [6.07, 6.45) is 1.56. The molecule has 0 atom stereocenters. The molecule has 2 N–H and O–H groups in total. The SMILES string of the molecule is CCOc1ccccc1C=NNC(=O)c1cc(-c2cccc3ccccc23)n[nH]1. The molecule has 6 nitrogen and oxygen atoms in total. The summed E-state index contributed by atoms with van der Waals surface area (Å²) in [4.78, 5) is 12.4. The molecule has 0 saturated heterocycles. The van der Waals surface area contributed by atoms with Crippen molar-refractivity contribution in [1.82, 2.24) is 15.6 Å². The van der Waals surface area contributed by atoms with E-state index in [1.54, 1.807) is 12.3 Å². The van der Waals surface area contributed by atoms with Crippen LogP contribution in [-0.4, -0.2) is 28.9 Å². The van der Waals surface area contributed by atoms with Gasteiger partial charge in [0.2, 0.25) is 0 Å². The zero-order valence-electron chi connectivity index (χ0n) is 15.9. The summed E-state index contributed by atoms with van der Waals surface area (Å²) in [6, 6.07) is 23.3. The number of aromatic amines is 1. The lowest BCUT2D eigenvalue weighted by Crippen LogP contribution is -2.18. The number of benzene rings is 3. The van der Waals surface area contributed by atoms with Gasteiger partial charge in [0.05, 0.1) is 18.5 Å². The van der Waals surface area contributed by atoms with Gasteiger partial charge in [-0.15, -0.1) is 0 Å². The van der Waals surface area contributed by atoms with Crippen molar-refractivity contribution in [3.05, 3.63) is 84.1 Å². The van der Waals surface area contributed by atoms with Gasteiger partial charge in [-0.3, -0.25) is 9.89 Å². The third-order valence-electron chi connectivity index (χ3n) is 4.48. The molecular formula is C23H20N4O2. The Morgan fingerprint density at radius 2 is 1.90 bits per heavy atom. The van der Waals surface area contributed by atoms with Gasteiger partial charge in [0.15, 0.2) is 0 Å². The van der Waals surface area contributed by atoms with E-state index in [1.807, 2.05) is 73.7 Å². The number of aromatic nitrogens is 2. The highest BCUT2D eigenvalue weighted by Crippen LogP contribution is 2.27. The van der Waals surface area contributed by atoms with E-state index in [1.165, 1.54) is 0 Å². The number of hydrogen-bond donors (Lipinski definition) is 2. The molecule has 0 aliphatic heterocycles. The number of para-hydroxylation sites is 1. The minimum Gasteiger partial charge on any atom is -0.493 e. The van der Waals surface area contributed by atoms with Gasteiger partial charge in [-0.05, 0) is 35.9 Å². The highest BCUT2D eigenvalue weighted by atomic mass is 16.5. The van der Waals surface area contributed by atoms with Gasteiger partial charge in [-0.25, -0.2) is 5.43 Å². The van der Waals surface area contributed by atoms with E-state index in [-0.39, 0.29) is 5.91 Å². The first-order chi connectivity index (χ1) is 14.3. The Morgan fingerprint density at radius 3 is 2.79 bits per heavy atom. The Bertz CT molecular complexity index is 1170. The molecule has 1 aromatic heterocycles. The minimum atomic E-state index is -0.367. The van der Waals surface area contributed by atoms with Crippen LogP contribution in [0.1, 0.15) is 23.0 Å². The van der Waals surface area contributed by atoms with Crippen LogP contribution in [0.5, 0.6) is 5.75 Å². The van der Waals surface area contributed by atoms with Crippen molar-refractivity contribution >= 4 is 22.9 Å². The van der Waals surface area contributed by atoms with Crippen LogP contribution in [-0.2, 0) is 0 Å². The van der Waals surface area contributed by atoms with Crippen molar-refractivity contribution in [3.63, 3.8) is 0 Å². The van der Waals surface area contributed by atoms with E-state index >= 15 is 0 Å². The lowest BCUT2D eigenvalue weighted by atomic mass is 10.0. The first-order valence-electron chi connectivity index (χ1n) is 9.35. The normalized spacial score (nSPS) is 11.1. The van der Waals surface area contributed by atoms with Crippen molar-refractivity contribution in [2.75, 3.05) is 6.61 Å². The van der Waals surface area contributed by atoms with Crippen molar-refractivity contribution in [1.29, 1.82) is 0 Å². The van der Waals surface area contributed by atoms with Crippen LogP contribution in [0.4, 0.5) is 0 Å². The van der Waals surface area contributed by atoms with Crippen molar-refractivity contribution < 1.29 is 9.53 Å². The van der Waals surface area contributed by atoms with Crippen molar-refractivity contribution in [2.45, 2.75) is 6.92 Å². The van der Waals surface area contributed by atoms with Crippen LogP contribution < -0.4 is 10.2 Å². The van der Waals surface area contributed by atoms with Crippen LogP contribution in [0.3, 0.4) is 0 Å². The molecule has 4 aromatic rings. The number of H-pyrrole nitrogens is 1. The number of nitrogens with zero attached hydrogens (tertiary/aromatic N) is 2. The Hall–Kier alpha value is -3.93. The molecule has 0 fully saturated rings. The first kappa shape index (κ1) is 18.4. The smallest absolute Gasteiger partial charge is 0.289 e. The van der Waals surface area contributed by atoms with E-state index in [2.05, 4.69) is 20.7 Å². The second kappa shape index (κ2) is 8.39. The molecule has 0 spiro atoms. The Labute approximate surface area is 168 Å². The summed E-state index contributed by atoms with van der Waals surface area (Å²) in [7, 11) is 0. The number of nitrogens with one attached hydrogen (secondary N) is 2.